The van der Waals surface area contributed by atoms with E-state index in [-0.39, 0.29) is 0 Å². The van der Waals surface area contributed by atoms with Gasteiger partial charge in [0.2, 0.25) is 0 Å². The fourth-order valence-electron chi connectivity index (χ4n) is 3.42. The first-order valence-corrected chi connectivity index (χ1v) is 8.29. The number of hydrogen-bond donors (Lipinski definition) is 1. The largest absolute Gasteiger partial charge is 0.312 e. The summed E-state index contributed by atoms with van der Waals surface area (Å²) in [6.07, 6.45) is 8.69. The second-order valence-electron chi connectivity index (χ2n) is 6.58. The Bertz CT molecular complexity index is 618. The SMILES string of the molecule is CC1(CNCc2ccc(Cl)c3cccnc23)CCCCC1. The molecule has 1 aliphatic rings. The third kappa shape index (κ3) is 3.38. The summed E-state index contributed by atoms with van der Waals surface area (Å²) in [4.78, 5) is 4.50. The molecule has 0 atom stereocenters. The summed E-state index contributed by atoms with van der Waals surface area (Å²) in [6, 6.07) is 8.05. The van der Waals surface area contributed by atoms with Gasteiger partial charge in [-0.1, -0.05) is 43.9 Å². The lowest BCUT2D eigenvalue weighted by Crippen LogP contribution is -2.33. The number of benzene rings is 1. The van der Waals surface area contributed by atoms with Crippen LogP contribution in [0.4, 0.5) is 0 Å². The van der Waals surface area contributed by atoms with Crippen LogP contribution in [0.25, 0.3) is 10.9 Å². The number of halogens is 1. The second kappa shape index (κ2) is 6.33. The molecule has 1 aliphatic carbocycles. The number of rotatable bonds is 4. The smallest absolute Gasteiger partial charge is 0.0761 e. The average molecular weight is 303 g/mol. The molecule has 1 heterocycles. The zero-order valence-corrected chi connectivity index (χ0v) is 13.4. The van der Waals surface area contributed by atoms with E-state index in [1.54, 1.807) is 0 Å². The predicted octanol–water partition coefficient (Wildman–Crippen LogP) is 4.95. The van der Waals surface area contributed by atoms with Crippen molar-refractivity contribution in [3.63, 3.8) is 0 Å². The van der Waals surface area contributed by atoms with Crippen LogP contribution in [0.2, 0.25) is 5.02 Å². The van der Waals surface area contributed by atoms with Gasteiger partial charge in [-0.2, -0.15) is 0 Å². The molecule has 3 rings (SSSR count). The van der Waals surface area contributed by atoms with E-state index in [9.17, 15) is 0 Å². The maximum absolute atomic E-state index is 6.25. The van der Waals surface area contributed by atoms with Crippen molar-refractivity contribution in [1.82, 2.24) is 10.3 Å². The van der Waals surface area contributed by atoms with Gasteiger partial charge in [-0.05, 0) is 42.0 Å². The first-order chi connectivity index (χ1) is 10.2. The van der Waals surface area contributed by atoms with Crippen molar-refractivity contribution < 1.29 is 0 Å². The molecule has 1 aromatic heterocycles. The van der Waals surface area contributed by atoms with E-state index < -0.39 is 0 Å². The van der Waals surface area contributed by atoms with Crippen molar-refractivity contribution >= 4 is 22.5 Å². The van der Waals surface area contributed by atoms with Gasteiger partial charge in [0.15, 0.2) is 0 Å². The molecular weight excluding hydrogens is 280 g/mol. The molecule has 0 amide bonds. The topological polar surface area (TPSA) is 24.9 Å². The predicted molar refractivity (Wildman–Crippen MR) is 89.7 cm³/mol. The van der Waals surface area contributed by atoms with E-state index in [1.807, 2.05) is 24.4 Å². The molecule has 2 aromatic rings. The highest BCUT2D eigenvalue weighted by atomic mass is 35.5. The molecule has 1 fully saturated rings. The van der Waals surface area contributed by atoms with Crippen LogP contribution in [0, 0.1) is 5.41 Å². The minimum Gasteiger partial charge on any atom is -0.312 e. The van der Waals surface area contributed by atoms with Gasteiger partial charge in [0.25, 0.3) is 0 Å². The van der Waals surface area contributed by atoms with E-state index >= 15 is 0 Å². The molecule has 21 heavy (non-hydrogen) atoms. The van der Waals surface area contributed by atoms with Crippen LogP contribution in [-0.2, 0) is 6.54 Å². The van der Waals surface area contributed by atoms with Crippen LogP contribution in [0.5, 0.6) is 0 Å². The van der Waals surface area contributed by atoms with Gasteiger partial charge in [-0.3, -0.25) is 4.98 Å². The van der Waals surface area contributed by atoms with Crippen molar-refractivity contribution in [3.8, 4) is 0 Å². The maximum atomic E-state index is 6.25. The fraction of sp³-hybridized carbons (Fsp3) is 0.500. The maximum Gasteiger partial charge on any atom is 0.0761 e. The molecule has 0 saturated heterocycles. The quantitative estimate of drug-likeness (QED) is 0.864. The van der Waals surface area contributed by atoms with Gasteiger partial charge >= 0.3 is 0 Å². The van der Waals surface area contributed by atoms with Gasteiger partial charge < -0.3 is 5.32 Å². The first kappa shape index (κ1) is 14.8. The number of fused-ring (bicyclic) bond motifs is 1. The Morgan fingerprint density at radius 3 is 2.81 bits per heavy atom. The van der Waals surface area contributed by atoms with Gasteiger partial charge in [0, 0.05) is 29.7 Å². The normalized spacial score (nSPS) is 18.0. The Kier molecular flexibility index (Phi) is 4.46. The van der Waals surface area contributed by atoms with Gasteiger partial charge in [-0.25, -0.2) is 0 Å². The van der Waals surface area contributed by atoms with Crippen LogP contribution in [0.15, 0.2) is 30.5 Å². The molecule has 0 spiro atoms. The molecular formula is C18H23ClN2. The van der Waals surface area contributed by atoms with Gasteiger partial charge in [0.05, 0.1) is 5.52 Å². The molecule has 1 N–H and O–H groups in total. The summed E-state index contributed by atoms with van der Waals surface area (Å²) < 4.78 is 0. The summed E-state index contributed by atoms with van der Waals surface area (Å²) in [5.74, 6) is 0. The molecule has 1 saturated carbocycles. The van der Waals surface area contributed by atoms with Gasteiger partial charge in [0.1, 0.15) is 0 Å². The standard InChI is InChI=1S/C18H23ClN2/c1-18(9-3-2-4-10-18)13-20-12-14-7-8-16(19)15-6-5-11-21-17(14)15/h5-8,11,20H,2-4,9-10,12-13H2,1H3. The van der Waals surface area contributed by atoms with Crippen LogP contribution < -0.4 is 5.32 Å². The minimum absolute atomic E-state index is 0.466. The lowest BCUT2D eigenvalue weighted by molar-refractivity contribution is 0.207. The highest BCUT2D eigenvalue weighted by molar-refractivity contribution is 6.35. The zero-order chi connectivity index (χ0) is 14.7. The van der Waals surface area contributed by atoms with Crippen LogP contribution in [0.3, 0.4) is 0 Å². The van der Waals surface area contributed by atoms with Crippen LogP contribution >= 0.6 is 11.6 Å². The Balaban J connectivity index is 1.69. The third-order valence-electron chi connectivity index (χ3n) is 4.73. The summed E-state index contributed by atoms with van der Waals surface area (Å²) in [7, 11) is 0. The highest BCUT2D eigenvalue weighted by Crippen LogP contribution is 2.35. The minimum atomic E-state index is 0.466. The van der Waals surface area contributed by atoms with E-state index in [0.29, 0.717) is 5.41 Å². The lowest BCUT2D eigenvalue weighted by Gasteiger charge is -2.33. The van der Waals surface area contributed by atoms with Crippen molar-refractivity contribution in [2.24, 2.45) is 5.41 Å². The Labute approximate surface area is 131 Å². The molecule has 0 bridgehead atoms. The number of hydrogen-bond acceptors (Lipinski definition) is 2. The first-order valence-electron chi connectivity index (χ1n) is 7.91. The molecule has 3 heteroatoms. The zero-order valence-electron chi connectivity index (χ0n) is 12.7. The molecule has 0 unspecified atom stereocenters. The Morgan fingerprint density at radius 2 is 2.00 bits per heavy atom. The second-order valence-corrected chi connectivity index (χ2v) is 6.99. The fourth-order valence-corrected chi connectivity index (χ4v) is 3.64. The lowest BCUT2D eigenvalue weighted by atomic mass is 9.76. The number of pyridine rings is 1. The monoisotopic (exact) mass is 302 g/mol. The summed E-state index contributed by atoms with van der Waals surface area (Å²) in [5.41, 5.74) is 2.72. The number of aromatic nitrogens is 1. The molecule has 0 radical (unpaired) electrons. The van der Waals surface area contributed by atoms with Gasteiger partial charge in [-0.15, -0.1) is 0 Å². The molecule has 0 aliphatic heterocycles. The summed E-state index contributed by atoms with van der Waals surface area (Å²) >= 11 is 6.25. The average Bonchev–Trinajstić information content (AvgIpc) is 2.50. The Hall–Kier alpha value is -1.12. The third-order valence-corrected chi connectivity index (χ3v) is 5.06. The van der Waals surface area contributed by atoms with E-state index in [1.165, 1.54) is 37.7 Å². The van der Waals surface area contributed by atoms with Crippen molar-refractivity contribution in [1.29, 1.82) is 0 Å². The van der Waals surface area contributed by atoms with Crippen molar-refractivity contribution in [2.45, 2.75) is 45.6 Å². The van der Waals surface area contributed by atoms with Crippen molar-refractivity contribution in [3.05, 3.63) is 41.0 Å². The van der Waals surface area contributed by atoms with E-state index in [4.69, 9.17) is 11.6 Å². The number of nitrogens with zero attached hydrogens (tertiary/aromatic N) is 1. The summed E-state index contributed by atoms with van der Waals surface area (Å²) in [5, 5.41) is 5.46. The molecule has 2 nitrogen and oxygen atoms in total. The van der Waals surface area contributed by atoms with E-state index in [2.05, 4.69) is 23.3 Å². The highest BCUT2D eigenvalue weighted by Gasteiger charge is 2.26. The molecule has 112 valence electrons. The van der Waals surface area contributed by atoms with Crippen molar-refractivity contribution in [2.75, 3.05) is 6.54 Å². The van der Waals surface area contributed by atoms with E-state index in [0.717, 1.165) is 29.0 Å². The summed E-state index contributed by atoms with van der Waals surface area (Å²) in [6.45, 7) is 4.36. The Morgan fingerprint density at radius 1 is 1.19 bits per heavy atom. The number of nitrogens with one attached hydrogen (secondary N) is 1. The van der Waals surface area contributed by atoms with Crippen LogP contribution in [0.1, 0.15) is 44.6 Å². The van der Waals surface area contributed by atoms with Crippen LogP contribution in [-0.4, -0.2) is 11.5 Å². The molecule has 1 aromatic carbocycles.